The number of aromatic nitrogens is 4. The molecular formula is C22H27ClN6O. The average Bonchev–Trinajstić information content (AvgIpc) is 3.21. The lowest BCUT2D eigenvalue weighted by molar-refractivity contribution is -0.133. The Morgan fingerprint density at radius 2 is 1.70 bits per heavy atom. The average molecular weight is 427 g/mol. The number of piperazine rings is 1. The van der Waals surface area contributed by atoms with Crippen molar-refractivity contribution in [1.29, 1.82) is 0 Å². The number of nitrogens with zero attached hydrogens (tertiary/aromatic N) is 6. The van der Waals surface area contributed by atoms with Crippen molar-refractivity contribution in [2.75, 3.05) is 26.2 Å². The van der Waals surface area contributed by atoms with Crippen LogP contribution in [-0.4, -0.2) is 61.4 Å². The standard InChI is InChI=1S/C22H27ClN6O/c1-16-20(18(3)29(25-16)19-7-5-4-6-8-19)13-26-9-11-27(12-10-26)22(30)15-28-14-21(23)17(2)24-28/h4-8,14H,9-13,15H2,1-3H3. The second kappa shape index (κ2) is 8.62. The first-order valence-electron chi connectivity index (χ1n) is 10.2. The van der Waals surface area contributed by atoms with Crippen LogP contribution in [0.3, 0.4) is 0 Å². The van der Waals surface area contributed by atoms with Crippen molar-refractivity contribution in [3.63, 3.8) is 0 Å². The van der Waals surface area contributed by atoms with Crippen molar-refractivity contribution in [3.8, 4) is 5.69 Å². The molecule has 1 aliphatic rings. The van der Waals surface area contributed by atoms with Crippen molar-refractivity contribution in [3.05, 3.63) is 64.2 Å². The van der Waals surface area contributed by atoms with Crippen molar-refractivity contribution >= 4 is 17.5 Å². The van der Waals surface area contributed by atoms with Crippen molar-refractivity contribution in [2.45, 2.75) is 33.9 Å². The second-order valence-corrected chi connectivity index (χ2v) is 8.22. The van der Waals surface area contributed by atoms with Gasteiger partial charge in [-0.1, -0.05) is 29.8 Å². The number of aryl methyl sites for hydroxylation is 2. The third-order valence-corrected chi connectivity index (χ3v) is 6.10. The van der Waals surface area contributed by atoms with E-state index in [0.717, 1.165) is 49.8 Å². The smallest absolute Gasteiger partial charge is 0.244 e. The van der Waals surface area contributed by atoms with Crippen LogP contribution < -0.4 is 0 Å². The number of para-hydroxylation sites is 1. The van der Waals surface area contributed by atoms with E-state index in [2.05, 4.69) is 36.0 Å². The topological polar surface area (TPSA) is 59.2 Å². The van der Waals surface area contributed by atoms with Crippen LogP contribution in [-0.2, 0) is 17.9 Å². The molecule has 1 aliphatic heterocycles. The number of halogens is 1. The van der Waals surface area contributed by atoms with E-state index < -0.39 is 0 Å². The predicted molar refractivity (Wildman–Crippen MR) is 117 cm³/mol. The number of benzene rings is 1. The van der Waals surface area contributed by atoms with E-state index in [4.69, 9.17) is 16.7 Å². The largest absolute Gasteiger partial charge is 0.339 e. The maximum Gasteiger partial charge on any atom is 0.244 e. The van der Waals surface area contributed by atoms with Crippen LogP contribution in [0.2, 0.25) is 5.02 Å². The van der Waals surface area contributed by atoms with Crippen molar-refractivity contribution in [1.82, 2.24) is 29.4 Å². The minimum Gasteiger partial charge on any atom is -0.339 e. The lowest BCUT2D eigenvalue weighted by Crippen LogP contribution is -2.49. The molecule has 1 saturated heterocycles. The predicted octanol–water partition coefficient (Wildman–Crippen LogP) is 2.99. The summed E-state index contributed by atoms with van der Waals surface area (Å²) in [5.74, 6) is 0.0816. The molecule has 8 heteroatoms. The lowest BCUT2D eigenvalue weighted by atomic mass is 10.1. The van der Waals surface area contributed by atoms with Gasteiger partial charge in [-0.2, -0.15) is 10.2 Å². The molecule has 2 aromatic heterocycles. The van der Waals surface area contributed by atoms with Crippen LogP contribution in [0.1, 0.15) is 22.6 Å². The van der Waals surface area contributed by atoms with Gasteiger partial charge < -0.3 is 4.90 Å². The highest BCUT2D eigenvalue weighted by atomic mass is 35.5. The highest BCUT2D eigenvalue weighted by Crippen LogP contribution is 2.20. The Bertz CT molecular complexity index is 1010. The molecule has 0 unspecified atom stereocenters. The molecule has 1 fully saturated rings. The van der Waals surface area contributed by atoms with Crippen LogP contribution in [0.15, 0.2) is 36.5 Å². The quantitative estimate of drug-likeness (QED) is 0.629. The van der Waals surface area contributed by atoms with Gasteiger partial charge in [-0.05, 0) is 32.9 Å². The number of rotatable bonds is 5. The van der Waals surface area contributed by atoms with E-state index in [1.54, 1.807) is 10.9 Å². The summed E-state index contributed by atoms with van der Waals surface area (Å²) in [5, 5.41) is 9.62. The molecule has 1 amide bonds. The Kier molecular flexibility index (Phi) is 5.92. The van der Waals surface area contributed by atoms with E-state index in [1.165, 1.54) is 11.3 Å². The molecule has 30 heavy (non-hydrogen) atoms. The van der Waals surface area contributed by atoms with Gasteiger partial charge in [-0.3, -0.25) is 14.4 Å². The number of hydrogen-bond donors (Lipinski definition) is 0. The fourth-order valence-electron chi connectivity index (χ4n) is 3.92. The molecule has 3 heterocycles. The van der Waals surface area contributed by atoms with E-state index >= 15 is 0 Å². The Hall–Kier alpha value is -2.64. The highest BCUT2D eigenvalue weighted by Gasteiger charge is 2.23. The summed E-state index contributed by atoms with van der Waals surface area (Å²) in [6, 6.07) is 10.2. The lowest BCUT2D eigenvalue weighted by Gasteiger charge is -2.34. The molecule has 0 bridgehead atoms. The zero-order valence-corrected chi connectivity index (χ0v) is 18.4. The zero-order chi connectivity index (χ0) is 21.3. The Morgan fingerprint density at radius 3 is 2.33 bits per heavy atom. The van der Waals surface area contributed by atoms with Gasteiger partial charge in [-0.25, -0.2) is 4.68 Å². The summed E-state index contributed by atoms with van der Waals surface area (Å²) in [6.07, 6.45) is 1.71. The van der Waals surface area contributed by atoms with Crippen LogP contribution in [0.4, 0.5) is 0 Å². The van der Waals surface area contributed by atoms with Gasteiger partial charge in [0.2, 0.25) is 5.91 Å². The molecule has 0 spiro atoms. The van der Waals surface area contributed by atoms with Gasteiger partial charge in [-0.15, -0.1) is 0 Å². The van der Waals surface area contributed by atoms with Gasteiger partial charge >= 0.3 is 0 Å². The highest BCUT2D eigenvalue weighted by molar-refractivity contribution is 6.31. The molecule has 3 aromatic rings. The summed E-state index contributed by atoms with van der Waals surface area (Å²) < 4.78 is 3.64. The van der Waals surface area contributed by atoms with Gasteiger partial charge in [0.25, 0.3) is 0 Å². The first-order chi connectivity index (χ1) is 14.4. The van der Waals surface area contributed by atoms with Crippen LogP contribution in [0.25, 0.3) is 5.69 Å². The van der Waals surface area contributed by atoms with Crippen molar-refractivity contribution in [2.24, 2.45) is 0 Å². The Labute approximate surface area is 181 Å². The zero-order valence-electron chi connectivity index (χ0n) is 17.7. The first-order valence-corrected chi connectivity index (χ1v) is 10.6. The summed E-state index contributed by atoms with van der Waals surface area (Å²) in [6.45, 7) is 10.2. The van der Waals surface area contributed by atoms with E-state index in [9.17, 15) is 4.79 Å². The summed E-state index contributed by atoms with van der Waals surface area (Å²) in [4.78, 5) is 16.9. The van der Waals surface area contributed by atoms with Gasteiger partial charge in [0.1, 0.15) is 6.54 Å². The van der Waals surface area contributed by atoms with Gasteiger partial charge in [0.15, 0.2) is 0 Å². The maximum atomic E-state index is 12.6. The van der Waals surface area contributed by atoms with Crippen LogP contribution >= 0.6 is 11.6 Å². The fourth-order valence-corrected chi connectivity index (χ4v) is 4.07. The Morgan fingerprint density at radius 1 is 1.00 bits per heavy atom. The van der Waals surface area contributed by atoms with E-state index in [0.29, 0.717) is 5.02 Å². The monoisotopic (exact) mass is 426 g/mol. The number of carbonyl (C=O) groups is 1. The second-order valence-electron chi connectivity index (χ2n) is 7.81. The van der Waals surface area contributed by atoms with Crippen molar-refractivity contribution < 1.29 is 4.79 Å². The molecule has 1 aromatic carbocycles. The number of carbonyl (C=O) groups excluding carboxylic acids is 1. The summed E-state index contributed by atoms with van der Waals surface area (Å²) in [5.41, 5.74) is 5.31. The molecule has 0 atom stereocenters. The minimum atomic E-state index is 0.0816. The first kappa shape index (κ1) is 20.6. The third-order valence-electron chi connectivity index (χ3n) is 5.73. The van der Waals surface area contributed by atoms with E-state index in [1.807, 2.05) is 34.7 Å². The van der Waals surface area contributed by atoms with E-state index in [-0.39, 0.29) is 12.5 Å². The molecular weight excluding hydrogens is 400 g/mol. The molecule has 0 aliphatic carbocycles. The molecule has 0 N–H and O–H groups in total. The molecule has 7 nitrogen and oxygen atoms in total. The Balaban J connectivity index is 1.36. The normalized spacial score (nSPS) is 15.0. The number of hydrogen-bond acceptors (Lipinski definition) is 4. The third kappa shape index (κ3) is 4.27. The SMILES string of the molecule is Cc1nn(CC(=O)N2CCN(Cc3c(C)nn(-c4ccccc4)c3C)CC2)cc1Cl. The molecule has 0 radical (unpaired) electrons. The molecule has 158 valence electrons. The van der Waals surface area contributed by atoms with Gasteiger partial charge in [0, 0.05) is 50.2 Å². The maximum absolute atomic E-state index is 12.6. The molecule has 0 saturated carbocycles. The number of amides is 1. The molecule has 4 rings (SSSR count). The summed E-state index contributed by atoms with van der Waals surface area (Å²) >= 11 is 6.04. The summed E-state index contributed by atoms with van der Waals surface area (Å²) in [7, 11) is 0. The van der Waals surface area contributed by atoms with Crippen LogP contribution in [0.5, 0.6) is 0 Å². The van der Waals surface area contributed by atoms with Crippen LogP contribution in [0, 0.1) is 20.8 Å². The van der Waals surface area contributed by atoms with Gasteiger partial charge in [0.05, 0.1) is 22.1 Å². The fraction of sp³-hybridized carbons (Fsp3) is 0.409. The minimum absolute atomic E-state index is 0.0816.